The molecular weight excluding hydrogens is 336 g/mol. The van der Waals surface area contributed by atoms with Gasteiger partial charge in [-0.25, -0.2) is 0 Å². The summed E-state index contributed by atoms with van der Waals surface area (Å²) in [7, 11) is 1.53. The highest BCUT2D eigenvalue weighted by atomic mass is 35.5. The van der Waals surface area contributed by atoms with E-state index in [4.69, 9.17) is 33.3 Å². The van der Waals surface area contributed by atoms with Gasteiger partial charge in [-0.1, -0.05) is 35.9 Å². The van der Waals surface area contributed by atoms with Crippen LogP contribution in [0.4, 0.5) is 5.69 Å². The molecule has 0 aliphatic rings. The van der Waals surface area contributed by atoms with E-state index in [1.54, 1.807) is 36.4 Å². The fraction of sp³-hybridized carbons (Fsp3) is 0.125. The number of carbonyl (C=O) groups excluding carboxylic acids is 1. The fourth-order valence-corrected chi connectivity index (χ4v) is 2.17. The van der Waals surface area contributed by atoms with Crippen molar-refractivity contribution in [3.8, 4) is 11.5 Å². The van der Waals surface area contributed by atoms with E-state index < -0.39 is 0 Å². The number of hydrogen-bond donors (Lipinski definition) is 2. The maximum absolute atomic E-state index is 11.9. The van der Waals surface area contributed by atoms with Crippen LogP contribution in [-0.4, -0.2) is 24.7 Å². The lowest BCUT2D eigenvalue weighted by Gasteiger charge is -2.12. The Balaban J connectivity index is 1.85. The number of methoxy groups -OCH3 is 1. The number of amides is 1. The van der Waals surface area contributed by atoms with Gasteiger partial charge in [0.1, 0.15) is 0 Å². The minimum atomic E-state index is -0.388. The van der Waals surface area contributed by atoms with E-state index >= 15 is 0 Å². The average molecular weight is 351 g/mol. The molecule has 0 saturated carbocycles. The Morgan fingerprint density at radius 1 is 1.13 bits per heavy atom. The summed E-state index contributed by atoms with van der Waals surface area (Å²) in [6.45, 7) is -0.190. The quantitative estimate of drug-likeness (QED) is 0.811. The zero-order valence-electron chi connectivity index (χ0n) is 12.3. The SMILES string of the molecule is COc1ccccc1OCC(=O)NC(=S)Nc1ccccc1Cl. The molecule has 0 aliphatic heterocycles. The van der Waals surface area contributed by atoms with Crippen LogP contribution in [0.5, 0.6) is 11.5 Å². The van der Waals surface area contributed by atoms with E-state index in [9.17, 15) is 4.79 Å². The van der Waals surface area contributed by atoms with Gasteiger partial charge in [-0.3, -0.25) is 10.1 Å². The van der Waals surface area contributed by atoms with Crippen LogP contribution in [0.2, 0.25) is 5.02 Å². The maximum atomic E-state index is 11.9. The van der Waals surface area contributed by atoms with Gasteiger partial charge in [-0.2, -0.15) is 0 Å². The molecule has 120 valence electrons. The summed E-state index contributed by atoms with van der Waals surface area (Å²) in [5.74, 6) is 0.646. The first-order chi connectivity index (χ1) is 11.1. The Hall–Kier alpha value is -2.31. The van der Waals surface area contributed by atoms with Crippen LogP contribution < -0.4 is 20.1 Å². The van der Waals surface area contributed by atoms with Crippen molar-refractivity contribution < 1.29 is 14.3 Å². The number of carbonyl (C=O) groups is 1. The first kappa shape index (κ1) is 17.1. The van der Waals surface area contributed by atoms with E-state index in [-0.39, 0.29) is 17.6 Å². The molecule has 0 radical (unpaired) electrons. The molecule has 0 heterocycles. The maximum Gasteiger partial charge on any atom is 0.264 e. The van der Waals surface area contributed by atoms with Gasteiger partial charge in [0.2, 0.25) is 0 Å². The van der Waals surface area contributed by atoms with Crippen LogP contribution in [0, 0.1) is 0 Å². The summed E-state index contributed by atoms with van der Waals surface area (Å²) in [5, 5.41) is 6.02. The summed E-state index contributed by atoms with van der Waals surface area (Å²) in [5.41, 5.74) is 0.616. The van der Waals surface area contributed by atoms with Gasteiger partial charge in [-0.15, -0.1) is 0 Å². The highest BCUT2D eigenvalue weighted by molar-refractivity contribution is 7.80. The number of nitrogens with one attached hydrogen (secondary N) is 2. The summed E-state index contributed by atoms with van der Waals surface area (Å²) in [6.07, 6.45) is 0. The van der Waals surface area contributed by atoms with Crippen molar-refractivity contribution in [3.05, 3.63) is 53.6 Å². The molecule has 0 saturated heterocycles. The lowest BCUT2D eigenvalue weighted by Crippen LogP contribution is -2.37. The average Bonchev–Trinajstić information content (AvgIpc) is 2.55. The summed E-state index contributed by atoms with van der Waals surface area (Å²) in [4.78, 5) is 11.9. The highest BCUT2D eigenvalue weighted by Gasteiger charge is 2.09. The molecule has 5 nitrogen and oxygen atoms in total. The first-order valence-corrected chi connectivity index (χ1v) is 7.50. The predicted molar refractivity (Wildman–Crippen MR) is 94.3 cm³/mol. The molecule has 2 N–H and O–H groups in total. The van der Waals surface area contributed by atoms with Gasteiger partial charge in [-0.05, 0) is 36.5 Å². The number of halogens is 1. The molecule has 0 unspecified atom stereocenters. The Labute approximate surface area is 144 Å². The van der Waals surface area contributed by atoms with Crippen LogP contribution in [0.1, 0.15) is 0 Å². The molecule has 2 aromatic rings. The highest BCUT2D eigenvalue weighted by Crippen LogP contribution is 2.25. The van der Waals surface area contributed by atoms with Gasteiger partial charge >= 0.3 is 0 Å². The van der Waals surface area contributed by atoms with Crippen molar-refractivity contribution in [1.82, 2.24) is 5.32 Å². The van der Waals surface area contributed by atoms with Gasteiger partial charge in [0.25, 0.3) is 5.91 Å². The Bertz CT molecular complexity index is 709. The summed E-state index contributed by atoms with van der Waals surface area (Å²) in [6, 6.07) is 14.2. The van der Waals surface area contributed by atoms with Crippen LogP contribution in [0.15, 0.2) is 48.5 Å². The van der Waals surface area contributed by atoms with Crippen molar-refractivity contribution in [2.45, 2.75) is 0 Å². The minimum absolute atomic E-state index is 0.145. The number of hydrogen-bond acceptors (Lipinski definition) is 4. The normalized spacial score (nSPS) is 9.83. The largest absolute Gasteiger partial charge is 0.493 e. The summed E-state index contributed by atoms with van der Waals surface area (Å²) < 4.78 is 10.6. The number of thiocarbonyl (C=S) groups is 1. The molecule has 0 bridgehead atoms. The minimum Gasteiger partial charge on any atom is -0.493 e. The topological polar surface area (TPSA) is 59.6 Å². The van der Waals surface area contributed by atoms with Crippen molar-refractivity contribution >= 4 is 40.5 Å². The number of rotatable bonds is 5. The van der Waals surface area contributed by atoms with Gasteiger partial charge in [0.15, 0.2) is 23.2 Å². The second kappa shape index (κ2) is 8.36. The molecule has 23 heavy (non-hydrogen) atoms. The van der Waals surface area contributed by atoms with Crippen molar-refractivity contribution in [2.24, 2.45) is 0 Å². The Morgan fingerprint density at radius 2 is 1.78 bits per heavy atom. The second-order valence-electron chi connectivity index (χ2n) is 4.42. The Kier molecular flexibility index (Phi) is 6.19. The van der Waals surface area contributed by atoms with Crippen molar-refractivity contribution in [1.29, 1.82) is 0 Å². The summed E-state index contributed by atoms with van der Waals surface area (Å²) >= 11 is 11.1. The number of anilines is 1. The first-order valence-electron chi connectivity index (χ1n) is 6.71. The second-order valence-corrected chi connectivity index (χ2v) is 5.24. The molecule has 7 heteroatoms. The van der Waals surface area contributed by atoms with E-state index in [1.165, 1.54) is 7.11 Å². The number of para-hydroxylation sites is 3. The van der Waals surface area contributed by atoms with Gasteiger partial charge in [0.05, 0.1) is 17.8 Å². The monoisotopic (exact) mass is 350 g/mol. The number of benzene rings is 2. The molecule has 0 spiro atoms. The van der Waals surface area contributed by atoms with E-state index in [0.717, 1.165) is 0 Å². The third-order valence-corrected chi connectivity index (χ3v) is 3.34. The van der Waals surface area contributed by atoms with E-state index in [1.807, 2.05) is 12.1 Å². The lowest BCUT2D eigenvalue weighted by atomic mass is 10.3. The molecule has 1 amide bonds. The molecule has 0 aromatic heterocycles. The predicted octanol–water partition coefficient (Wildman–Crippen LogP) is 3.24. The standard InChI is InChI=1S/C16H15ClN2O3S/c1-21-13-8-4-5-9-14(13)22-10-15(20)19-16(23)18-12-7-3-2-6-11(12)17/h2-9H,10H2,1H3,(H2,18,19,20,23). The Morgan fingerprint density at radius 3 is 2.48 bits per heavy atom. The van der Waals surface area contributed by atoms with Gasteiger partial charge in [0, 0.05) is 0 Å². The lowest BCUT2D eigenvalue weighted by molar-refractivity contribution is -0.121. The molecule has 2 rings (SSSR count). The molecular formula is C16H15ClN2O3S. The zero-order valence-corrected chi connectivity index (χ0v) is 13.9. The van der Waals surface area contributed by atoms with Gasteiger partial charge < -0.3 is 14.8 Å². The third kappa shape index (κ3) is 5.12. The van der Waals surface area contributed by atoms with E-state index in [2.05, 4.69) is 10.6 Å². The molecule has 2 aromatic carbocycles. The van der Waals surface area contributed by atoms with Crippen LogP contribution in [0.3, 0.4) is 0 Å². The van der Waals surface area contributed by atoms with Crippen LogP contribution in [-0.2, 0) is 4.79 Å². The third-order valence-electron chi connectivity index (χ3n) is 2.80. The van der Waals surface area contributed by atoms with Crippen molar-refractivity contribution in [3.63, 3.8) is 0 Å². The number of ether oxygens (including phenoxy) is 2. The van der Waals surface area contributed by atoms with Crippen LogP contribution >= 0.6 is 23.8 Å². The molecule has 0 fully saturated rings. The smallest absolute Gasteiger partial charge is 0.264 e. The van der Waals surface area contributed by atoms with Crippen molar-refractivity contribution in [2.75, 3.05) is 19.0 Å². The zero-order chi connectivity index (χ0) is 16.7. The molecule has 0 aliphatic carbocycles. The fourth-order valence-electron chi connectivity index (χ4n) is 1.76. The van der Waals surface area contributed by atoms with Crippen LogP contribution in [0.25, 0.3) is 0 Å². The molecule has 0 atom stereocenters. The van der Waals surface area contributed by atoms with E-state index in [0.29, 0.717) is 22.2 Å².